The van der Waals surface area contributed by atoms with E-state index < -0.39 is 423 Å². The van der Waals surface area contributed by atoms with Crippen LogP contribution in [-0.4, -0.2) is 7.32 Å². The molecule has 0 heterocycles. The summed E-state index contributed by atoms with van der Waals surface area (Å²) in [6.45, 7) is 0. The average Bonchev–Trinajstić information content (AvgIpc) is 0.726. The molecule has 0 radical (unpaired) electrons. The number of halogens is 45. The molecule has 0 aliphatic rings. The van der Waals surface area contributed by atoms with E-state index in [4.69, 9.17) is 14.0 Å². The van der Waals surface area contributed by atoms with Crippen LogP contribution in [0.15, 0.2) is 36.4 Å². The maximum absolute atomic E-state index is 17.0. The zero-order valence-corrected chi connectivity index (χ0v) is 55.3. The van der Waals surface area contributed by atoms with Gasteiger partial charge in [-0.2, -0.15) is 0 Å². The Morgan fingerprint density at radius 2 is 0.207 bits per heavy atom. The maximum atomic E-state index is 17.0. The zero-order chi connectivity index (χ0) is 90.0. The van der Waals surface area contributed by atoms with E-state index >= 15 is 184 Å². The first-order valence-electron chi connectivity index (χ1n) is 30.6. The van der Waals surface area contributed by atoms with Crippen LogP contribution >= 0.6 is 0 Å². The van der Waals surface area contributed by atoms with Crippen molar-refractivity contribution in [3.05, 3.63) is 298 Å². The molecule has 0 unspecified atom stereocenters. The zero-order valence-electron chi connectivity index (χ0n) is 55.3. The molecule has 0 saturated carbocycles. The van der Waals surface area contributed by atoms with Gasteiger partial charge < -0.3 is 14.0 Å². The normalized spacial score (nSPS) is 11.7. The van der Waals surface area contributed by atoms with E-state index in [0.29, 0.717) is 0 Å². The number of benzene rings is 12. The lowest BCUT2D eigenvalue weighted by atomic mass is 9.84. The molecule has 0 bridgehead atoms. The molecule has 630 valence electrons. The lowest BCUT2D eigenvalue weighted by Gasteiger charge is -2.27. The molecule has 121 heavy (non-hydrogen) atoms. The molecule has 12 rings (SSSR count). The molecule has 3 nitrogen and oxygen atoms in total. The minimum absolute atomic E-state index is 0.839. The first kappa shape index (κ1) is 87.3. The second-order valence-electron chi connectivity index (χ2n) is 23.7. The molecule has 12 aromatic carbocycles. The molecule has 0 aliphatic heterocycles. The Balaban J connectivity index is 1.39. The Bertz CT molecular complexity index is 5760. The first-order chi connectivity index (χ1) is 56.4. The molecule has 12 aromatic rings. The fraction of sp³-hybridized carbons (Fsp3) is 0. The SMILES string of the molecule is Fc1c(F)c(F)c(-c2ccc(OB(Oc3ccc(-c4c(F)c(F)c(F)c(F)c4F)c(-c4c(F)c(F)c(F)c(F)c4F)c3-c3c(F)c(F)c(F)c(F)c3F)Oc3ccc(-c4c(F)c(F)c(F)c(F)c4F)c(-c4c(F)c(F)c(F)c(F)c4F)c3-c3c(F)c(F)c(F)c(F)c3F)c(-c3c(F)c(F)c(F)c(F)c3F)c2-c2c(F)c(F)c(F)c(F)c2F)c(F)c1F. The summed E-state index contributed by atoms with van der Waals surface area (Å²) in [6, 6.07) is -5.17. The van der Waals surface area contributed by atoms with Gasteiger partial charge in [0.05, 0.1) is 50.1 Å². The summed E-state index contributed by atoms with van der Waals surface area (Å²) in [6.07, 6.45) is 0. The number of hydrogen-bond donors (Lipinski definition) is 0. The second kappa shape index (κ2) is 31.0. The van der Waals surface area contributed by atoms with Gasteiger partial charge in [0.15, 0.2) is 209 Å². The molecule has 0 aliphatic carbocycles. The first-order valence-corrected chi connectivity index (χ1v) is 30.6. The van der Waals surface area contributed by atoms with Gasteiger partial charge in [-0.25, -0.2) is 198 Å². The van der Waals surface area contributed by atoms with Crippen LogP contribution in [0.2, 0.25) is 0 Å². The Morgan fingerprint density at radius 3 is 0.331 bits per heavy atom. The largest absolute Gasteiger partial charge is 0.864 e. The average molecular weight is 1780 g/mol. The van der Waals surface area contributed by atoms with Crippen LogP contribution in [0.4, 0.5) is 198 Å². The molecule has 0 fully saturated rings. The van der Waals surface area contributed by atoms with Crippen LogP contribution in [0.3, 0.4) is 0 Å². The van der Waals surface area contributed by atoms with Crippen LogP contribution < -0.4 is 14.0 Å². The summed E-state index contributed by atoms with van der Waals surface area (Å²) in [7, 11) is -5.15. The lowest BCUT2D eigenvalue weighted by molar-refractivity contribution is 0.308. The van der Waals surface area contributed by atoms with Crippen LogP contribution in [0.25, 0.3) is 100 Å². The van der Waals surface area contributed by atoms with Crippen molar-refractivity contribution in [3.63, 3.8) is 0 Å². The van der Waals surface area contributed by atoms with Crippen molar-refractivity contribution >= 4 is 7.32 Å². The van der Waals surface area contributed by atoms with Crippen molar-refractivity contribution in [1.29, 1.82) is 0 Å². The van der Waals surface area contributed by atoms with Gasteiger partial charge in [0.25, 0.3) is 0 Å². The summed E-state index contributed by atoms with van der Waals surface area (Å²) < 4.78 is 735. The van der Waals surface area contributed by atoms with Gasteiger partial charge in [-0.3, -0.25) is 0 Å². The summed E-state index contributed by atoms with van der Waals surface area (Å²) in [5, 5.41) is 0. The van der Waals surface area contributed by atoms with Crippen LogP contribution in [0.1, 0.15) is 0 Å². The van der Waals surface area contributed by atoms with E-state index in [-0.39, 0.29) is 0 Å². The van der Waals surface area contributed by atoms with Crippen molar-refractivity contribution in [2.45, 2.75) is 0 Å². The highest BCUT2D eigenvalue weighted by Gasteiger charge is 2.47. The third-order valence-corrected chi connectivity index (χ3v) is 17.4. The monoisotopic (exact) mass is 1780 g/mol. The number of rotatable bonds is 15. The summed E-state index contributed by atoms with van der Waals surface area (Å²) in [5.74, 6) is -173. The lowest BCUT2D eigenvalue weighted by Crippen LogP contribution is -2.37. The smallest absolute Gasteiger partial charge is 0.489 e. The standard InChI is InChI=1S/C72H6BF45O3/c74-28-16(29(75)47(93)64(110)46(28)92)7-1-4-10(19(25-40(86)58(104)70(116)59(105)41(25)87)13(7)22-34(80)52(98)67(113)53(99)35(22)81)119-73(120-11-5-2-8(17-30(76)48(94)65(111)49(95)31(17)77)14(23-36(82)54(100)68(114)55(101)37(23)83)20(11)26-42(88)60(106)71(117)61(107)43(26)89)121-12-6-3-9(18-32(78)50(96)66(112)51(97)33(18)79)15(24-38(84)56(102)69(115)57(103)39(24)85)21(12)27-44(90)62(108)72(118)63(109)45(27)91/h1-6H. The highest BCUT2D eigenvalue weighted by Crippen LogP contribution is 2.57. The minimum atomic E-state index is -5.15. The minimum Gasteiger partial charge on any atom is -0.489 e. The molecule has 0 atom stereocenters. The van der Waals surface area contributed by atoms with E-state index in [1.807, 2.05) is 0 Å². The van der Waals surface area contributed by atoms with Crippen LogP contribution in [0.5, 0.6) is 17.2 Å². The molecule has 0 aromatic heterocycles. The molecule has 0 amide bonds. The fourth-order valence-electron chi connectivity index (χ4n) is 12.0. The maximum Gasteiger partial charge on any atom is 0.864 e. The molecule has 0 spiro atoms. The molecule has 0 saturated heterocycles. The third-order valence-electron chi connectivity index (χ3n) is 17.4. The molecule has 0 N–H and O–H groups in total. The summed E-state index contributed by atoms with van der Waals surface area (Å²) in [5.41, 5.74) is -58.0. The highest BCUT2D eigenvalue weighted by molar-refractivity contribution is 6.40. The summed E-state index contributed by atoms with van der Waals surface area (Å²) in [4.78, 5) is 0. The Morgan fingerprint density at radius 1 is 0.107 bits per heavy atom. The van der Waals surface area contributed by atoms with Crippen molar-refractivity contribution in [1.82, 2.24) is 0 Å². The topological polar surface area (TPSA) is 27.7 Å². The Hall–Kier alpha value is -13.0. The van der Waals surface area contributed by atoms with Gasteiger partial charge in [0.2, 0.25) is 52.4 Å². The molecule has 49 heteroatoms. The van der Waals surface area contributed by atoms with Crippen molar-refractivity contribution in [2.24, 2.45) is 0 Å². The third kappa shape index (κ3) is 12.9. The quantitative estimate of drug-likeness (QED) is 0.0443. The van der Waals surface area contributed by atoms with Crippen LogP contribution in [0, 0.1) is 262 Å². The predicted molar refractivity (Wildman–Crippen MR) is 314 cm³/mol. The van der Waals surface area contributed by atoms with Gasteiger partial charge in [-0.1, -0.05) is 0 Å². The summed E-state index contributed by atoms with van der Waals surface area (Å²) >= 11 is 0. The van der Waals surface area contributed by atoms with Crippen LogP contribution in [-0.2, 0) is 0 Å². The predicted octanol–water partition coefficient (Wildman–Crippen LogP) is 25.5. The van der Waals surface area contributed by atoms with Gasteiger partial charge in [0, 0.05) is 33.4 Å². The van der Waals surface area contributed by atoms with Crippen molar-refractivity contribution < 1.29 is 212 Å². The van der Waals surface area contributed by atoms with Gasteiger partial charge in [-0.05, 0) is 53.1 Å². The molecular formula is C72H6BF45O3. The van der Waals surface area contributed by atoms with E-state index in [1.165, 1.54) is 0 Å². The Kier molecular flexibility index (Phi) is 22.3. The second-order valence-corrected chi connectivity index (χ2v) is 23.7. The van der Waals surface area contributed by atoms with Gasteiger partial charge in [0.1, 0.15) is 17.2 Å². The Labute approximate surface area is 633 Å². The molecular weight excluding hydrogens is 1780 g/mol. The van der Waals surface area contributed by atoms with Gasteiger partial charge in [-0.15, -0.1) is 0 Å². The number of hydrogen-bond acceptors (Lipinski definition) is 3. The van der Waals surface area contributed by atoms with Crippen molar-refractivity contribution in [2.75, 3.05) is 0 Å². The van der Waals surface area contributed by atoms with E-state index in [1.54, 1.807) is 0 Å². The van der Waals surface area contributed by atoms with E-state index in [9.17, 15) is 13.2 Å². The highest BCUT2D eigenvalue weighted by atomic mass is 19.2. The van der Waals surface area contributed by atoms with E-state index in [2.05, 4.69) is 0 Å². The van der Waals surface area contributed by atoms with E-state index in [0.717, 1.165) is 0 Å². The fourth-order valence-corrected chi connectivity index (χ4v) is 12.0. The van der Waals surface area contributed by atoms with Crippen molar-refractivity contribution in [3.8, 4) is 117 Å². The van der Waals surface area contributed by atoms with Gasteiger partial charge >= 0.3 is 7.32 Å².